The van der Waals surface area contributed by atoms with Gasteiger partial charge in [-0.25, -0.2) is 4.98 Å². The zero-order valence-corrected chi connectivity index (χ0v) is 17.2. The average molecular weight is 414 g/mol. The van der Waals surface area contributed by atoms with Crippen LogP contribution in [0.4, 0.5) is 0 Å². The molecule has 0 spiro atoms. The van der Waals surface area contributed by atoms with E-state index in [-0.39, 0.29) is 18.3 Å². The molecule has 0 fully saturated rings. The first kappa shape index (κ1) is 18.7. The molecule has 0 aromatic carbocycles. The van der Waals surface area contributed by atoms with Gasteiger partial charge in [0.25, 0.3) is 0 Å². The summed E-state index contributed by atoms with van der Waals surface area (Å²) in [4.78, 5) is 17.8. The van der Waals surface area contributed by atoms with Crippen molar-refractivity contribution in [3.63, 3.8) is 0 Å². The normalized spacial score (nSPS) is 11.2. The molecule has 0 radical (unpaired) electrons. The van der Waals surface area contributed by atoms with Crippen LogP contribution < -0.4 is 0 Å². The standard InChI is InChI=1S/C19H19N5O2S2/c1-3-24-18(15-7-5-9-27-15)21-22-19(24)28-12-16(25)26-11-14-10-23-8-4-6-13(2)17(23)20-14/h4-10H,3,11-12H2,1-2H3. The second kappa shape index (κ2) is 8.15. The third-order valence-electron chi connectivity index (χ3n) is 4.20. The van der Waals surface area contributed by atoms with Crippen molar-refractivity contribution in [2.24, 2.45) is 0 Å². The SMILES string of the molecule is CCn1c(SCC(=O)OCc2cn3cccc(C)c3n2)nnc1-c1cccs1. The summed E-state index contributed by atoms with van der Waals surface area (Å²) in [5.41, 5.74) is 2.68. The number of carbonyl (C=O) groups is 1. The van der Waals surface area contributed by atoms with Crippen LogP contribution in [0.25, 0.3) is 16.3 Å². The Bertz CT molecular complexity index is 1100. The summed E-state index contributed by atoms with van der Waals surface area (Å²) >= 11 is 2.95. The van der Waals surface area contributed by atoms with Gasteiger partial charge in [0, 0.05) is 18.9 Å². The Labute approximate surface area is 170 Å². The molecule has 4 aromatic heterocycles. The molecule has 7 nitrogen and oxygen atoms in total. The summed E-state index contributed by atoms with van der Waals surface area (Å²) in [7, 11) is 0. The topological polar surface area (TPSA) is 74.3 Å². The maximum Gasteiger partial charge on any atom is 0.316 e. The van der Waals surface area contributed by atoms with E-state index in [0.717, 1.165) is 34.2 Å². The number of esters is 1. The highest BCUT2D eigenvalue weighted by molar-refractivity contribution is 7.99. The summed E-state index contributed by atoms with van der Waals surface area (Å²) in [6.07, 6.45) is 3.81. The zero-order valence-electron chi connectivity index (χ0n) is 15.5. The van der Waals surface area contributed by atoms with Gasteiger partial charge < -0.3 is 13.7 Å². The van der Waals surface area contributed by atoms with E-state index >= 15 is 0 Å². The first-order valence-electron chi connectivity index (χ1n) is 8.84. The van der Waals surface area contributed by atoms with E-state index in [1.54, 1.807) is 11.3 Å². The fourth-order valence-electron chi connectivity index (χ4n) is 2.86. The minimum absolute atomic E-state index is 0.154. The van der Waals surface area contributed by atoms with Crippen molar-refractivity contribution in [3.05, 3.63) is 53.3 Å². The largest absolute Gasteiger partial charge is 0.458 e. The summed E-state index contributed by atoms with van der Waals surface area (Å²) in [6.45, 7) is 4.93. The van der Waals surface area contributed by atoms with Gasteiger partial charge in [0.2, 0.25) is 0 Å². The number of rotatable bonds is 7. The van der Waals surface area contributed by atoms with Crippen molar-refractivity contribution in [1.82, 2.24) is 24.1 Å². The number of pyridine rings is 1. The van der Waals surface area contributed by atoms with Crippen LogP contribution in [0, 0.1) is 6.92 Å². The number of aryl methyl sites for hydroxylation is 1. The summed E-state index contributed by atoms with van der Waals surface area (Å²) < 4.78 is 9.32. The average Bonchev–Trinajstić information content (AvgIpc) is 3.43. The van der Waals surface area contributed by atoms with Gasteiger partial charge >= 0.3 is 5.97 Å². The lowest BCUT2D eigenvalue weighted by Gasteiger charge is -2.06. The Morgan fingerprint density at radius 3 is 2.93 bits per heavy atom. The van der Waals surface area contributed by atoms with E-state index in [9.17, 15) is 4.79 Å². The minimum Gasteiger partial charge on any atom is -0.458 e. The molecule has 4 rings (SSSR count). The molecule has 0 bridgehead atoms. The molecule has 144 valence electrons. The Kier molecular flexibility index (Phi) is 5.45. The van der Waals surface area contributed by atoms with Gasteiger partial charge in [-0.2, -0.15) is 0 Å². The van der Waals surface area contributed by atoms with Crippen LogP contribution in [-0.2, 0) is 22.7 Å². The van der Waals surface area contributed by atoms with Gasteiger partial charge in [0.1, 0.15) is 12.3 Å². The highest BCUT2D eigenvalue weighted by atomic mass is 32.2. The Morgan fingerprint density at radius 2 is 2.18 bits per heavy atom. The van der Waals surface area contributed by atoms with Crippen molar-refractivity contribution in [2.75, 3.05) is 5.75 Å². The molecule has 0 aliphatic carbocycles. The lowest BCUT2D eigenvalue weighted by atomic mass is 10.3. The highest BCUT2D eigenvalue weighted by Crippen LogP contribution is 2.27. The van der Waals surface area contributed by atoms with E-state index in [1.807, 2.05) is 64.9 Å². The number of hydrogen-bond acceptors (Lipinski definition) is 7. The van der Waals surface area contributed by atoms with Gasteiger partial charge in [-0.1, -0.05) is 23.9 Å². The fraction of sp³-hybridized carbons (Fsp3) is 0.263. The Hall–Kier alpha value is -2.65. The second-order valence-electron chi connectivity index (χ2n) is 6.13. The molecule has 28 heavy (non-hydrogen) atoms. The molecule has 9 heteroatoms. The molecule has 0 atom stereocenters. The molecule has 0 aliphatic rings. The number of thiophene rings is 1. The number of fused-ring (bicyclic) bond motifs is 1. The molecular weight excluding hydrogens is 394 g/mol. The van der Waals surface area contributed by atoms with E-state index < -0.39 is 0 Å². The lowest BCUT2D eigenvalue weighted by Crippen LogP contribution is -2.08. The number of nitrogens with zero attached hydrogens (tertiary/aromatic N) is 5. The quantitative estimate of drug-likeness (QED) is 0.339. The van der Waals surface area contributed by atoms with Gasteiger partial charge in [0.05, 0.1) is 16.3 Å². The van der Waals surface area contributed by atoms with Crippen molar-refractivity contribution in [3.8, 4) is 10.7 Å². The molecule has 4 heterocycles. The predicted octanol–water partition coefficient (Wildman–Crippen LogP) is 3.82. The summed E-state index contributed by atoms with van der Waals surface area (Å²) in [6, 6.07) is 7.97. The maximum absolute atomic E-state index is 12.2. The van der Waals surface area contributed by atoms with Crippen molar-refractivity contribution in [2.45, 2.75) is 32.2 Å². The van der Waals surface area contributed by atoms with E-state index in [2.05, 4.69) is 15.2 Å². The smallest absolute Gasteiger partial charge is 0.316 e. The van der Waals surface area contributed by atoms with E-state index in [4.69, 9.17) is 4.74 Å². The molecule has 0 saturated heterocycles. The Morgan fingerprint density at radius 1 is 1.29 bits per heavy atom. The predicted molar refractivity (Wildman–Crippen MR) is 109 cm³/mol. The molecule has 0 aliphatic heterocycles. The molecule has 0 unspecified atom stereocenters. The lowest BCUT2D eigenvalue weighted by molar-refractivity contribution is -0.141. The van der Waals surface area contributed by atoms with Gasteiger partial charge in [-0.15, -0.1) is 21.5 Å². The number of carbonyl (C=O) groups excluding carboxylic acids is 1. The molecule has 4 aromatic rings. The third kappa shape index (κ3) is 3.81. The highest BCUT2D eigenvalue weighted by Gasteiger charge is 2.16. The van der Waals surface area contributed by atoms with Crippen LogP contribution in [-0.4, -0.2) is 35.9 Å². The van der Waals surface area contributed by atoms with Crippen LogP contribution >= 0.6 is 23.1 Å². The second-order valence-corrected chi connectivity index (χ2v) is 8.02. The van der Waals surface area contributed by atoms with Crippen LogP contribution in [0.2, 0.25) is 0 Å². The first-order valence-corrected chi connectivity index (χ1v) is 10.7. The number of thioether (sulfide) groups is 1. The van der Waals surface area contributed by atoms with Crippen molar-refractivity contribution >= 4 is 34.7 Å². The van der Waals surface area contributed by atoms with Crippen LogP contribution in [0.15, 0.2) is 47.2 Å². The van der Waals surface area contributed by atoms with Crippen molar-refractivity contribution in [1.29, 1.82) is 0 Å². The number of aromatic nitrogens is 5. The summed E-state index contributed by atoms with van der Waals surface area (Å²) in [5.74, 6) is 0.699. The maximum atomic E-state index is 12.2. The number of ether oxygens (including phenoxy) is 1. The monoisotopic (exact) mass is 413 g/mol. The number of imidazole rings is 1. The molecular formula is C19H19N5O2S2. The van der Waals surface area contributed by atoms with Crippen LogP contribution in [0.1, 0.15) is 18.2 Å². The zero-order chi connectivity index (χ0) is 19.5. The summed E-state index contributed by atoms with van der Waals surface area (Å²) in [5, 5.41) is 11.2. The first-order chi connectivity index (χ1) is 13.7. The van der Waals surface area contributed by atoms with E-state index in [0.29, 0.717) is 5.16 Å². The van der Waals surface area contributed by atoms with Crippen molar-refractivity contribution < 1.29 is 9.53 Å². The number of hydrogen-bond donors (Lipinski definition) is 0. The molecule has 0 saturated carbocycles. The van der Waals surface area contributed by atoms with Gasteiger partial charge in [-0.3, -0.25) is 4.79 Å². The van der Waals surface area contributed by atoms with Gasteiger partial charge in [0.15, 0.2) is 11.0 Å². The minimum atomic E-state index is -0.304. The molecule has 0 N–H and O–H groups in total. The molecule has 0 amide bonds. The Balaban J connectivity index is 1.36. The third-order valence-corrected chi connectivity index (χ3v) is 6.01. The van der Waals surface area contributed by atoms with Crippen LogP contribution in [0.5, 0.6) is 0 Å². The van der Waals surface area contributed by atoms with Gasteiger partial charge in [-0.05, 0) is 36.9 Å². The fourth-order valence-corrected chi connectivity index (χ4v) is 4.38. The van der Waals surface area contributed by atoms with E-state index in [1.165, 1.54) is 11.8 Å². The van der Waals surface area contributed by atoms with Crippen LogP contribution in [0.3, 0.4) is 0 Å².